The van der Waals surface area contributed by atoms with Crippen molar-refractivity contribution in [2.45, 2.75) is 110 Å². The number of nitrogens with two attached hydrogens (primary N) is 1. The first-order valence-corrected chi connectivity index (χ1v) is 13.3. The van der Waals surface area contributed by atoms with Gasteiger partial charge in [0, 0.05) is 19.0 Å². The summed E-state index contributed by atoms with van der Waals surface area (Å²) in [7, 11) is 0. The molecule has 0 spiro atoms. The van der Waals surface area contributed by atoms with Gasteiger partial charge in [0.05, 0.1) is 0 Å². The smallest absolute Gasteiger partial charge is 0.408 e. The summed E-state index contributed by atoms with van der Waals surface area (Å²) in [6.07, 6.45) is 3.35. The molecule has 1 aliphatic rings. The van der Waals surface area contributed by atoms with Crippen molar-refractivity contribution in [3.05, 3.63) is 34.9 Å². The van der Waals surface area contributed by atoms with Crippen LogP contribution < -0.4 is 16.4 Å². The number of nitrogens with one attached hydrogen (secondary N) is 2. The minimum absolute atomic E-state index is 0.00750. The summed E-state index contributed by atoms with van der Waals surface area (Å²) in [5.41, 5.74) is 7.20. The van der Waals surface area contributed by atoms with Crippen LogP contribution >= 0.6 is 0 Å². The molecule has 0 heterocycles. The Bertz CT molecular complexity index is 948. The summed E-state index contributed by atoms with van der Waals surface area (Å²) in [6.45, 7) is 11.6. The van der Waals surface area contributed by atoms with Crippen molar-refractivity contribution in [3.63, 3.8) is 0 Å². The van der Waals surface area contributed by atoms with Gasteiger partial charge in [0.2, 0.25) is 17.7 Å². The fraction of sp³-hybridized carbons (Fsp3) is 0.643. The average Bonchev–Trinajstić information content (AvgIpc) is 2.75. The van der Waals surface area contributed by atoms with Crippen LogP contribution in [0.1, 0.15) is 95.4 Å². The second-order valence-electron chi connectivity index (χ2n) is 10.9. The Hall–Kier alpha value is -3.10. The number of rotatable bonds is 12. The Labute approximate surface area is 220 Å². The quantitative estimate of drug-likeness (QED) is 0.364. The Kier molecular flexibility index (Phi) is 10.9. The van der Waals surface area contributed by atoms with Gasteiger partial charge in [-0.05, 0) is 83.4 Å². The van der Waals surface area contributed by atoms with Crippen LogP contribution in [0.4, 0.5) is 4.79 Å². The van der Waals surface area contributed by atoms with Crippen molar-refractivity contribution in [3.8, 4) is 0 Å². The van der Waals surface area contributed by atoms with E-state index in [1.54, 1.807) is 25.7 Å². The van der Waals surface area contributed by atoms with Gasteiger partial charge in [-0.15, -0.1) is 0 Å². The number of hydrogen-bond donors (Lipinski definition) is 3. The van der Waals surface area contributed by atoms with E-state index < -0.39 is 35.6 Å². The molecule has 0 bridgehead atoms. The fourth-order valence-electron chi connectivity index (χ4n) is 4.50. The first kappa shape index (κ1) is 30.1. The highest BCUT2D eigenvalue weighted by atomic mass is 16.6. The molecule has 4 amide bonds. The average molecular weight is 517 g/mol. The molecule has 206 valence electrons. The largest absolute Gasteiger partial charge is 0.444 e. The molecule has 2 unspecified atom stereocenters. The van der Waals surface area contributed by atoms with Crippen molar-refractivity contribution in [1.82, 2.24) is 15.5 Å². The molecule has 0 radical (unpaired) electrons. The maximum Gasteiger partial charge on any atom is 0.408 e. The van der Waals surface area contributed by atoms with Gasteiger partial charge in [-0.25, -0.2) is 4.79 Å². The third-order valence-corrected chi connectivity index (χ3v) is 6.56. The number of carbonyl (C=O) groups excluding carboxylic acids is 4. The van der Waals surface area contributed by atoms with Crippen LogP contribution in [-0.2, 0) is 19.1 Å². The minimum Gasteiger partial charge on any atom is -0.444 e. The standard InChI is InChI=1S/C28H44N4O5/c1-7-8-17-30-25(34)24(23-18(2)11-9-12-19(23)3)32(20-13-10-14-20)26(35)21(15-16-22(29)33)31-27(36)37-28(4,5)6/h9,11-12,20-21,24H,7-8,10,13-17H2,1-6H3,(H2,29,33)(H,30,34)(H,31,36). The molecule has 1 saturated carbocycles. The third kappa shape index (κ3) is 8.76. The highest BCUT2D eigenvalue weighted by molar-refractivity contribution is 5.93. The van der Waals surface area contributed by atoms with Gasteiger partial charge in [0.25, 0.3) is 0 Å². The number of unbranched alkanes of at least 4 members (excludes halogenated alkanes) is 1. The minimum atomic E-state index is -1.07. The van der Waals surface area contributed by atoms with Crippen molar-refractivity contribution >= 4 is 23.8 Å². The number of nitrogens with zero attached hydrogens (tertiary/aromatic N) is 1. The molecule has 4 N–H and O–H groups in total. The molecule has 9 nitrogen and oxygen atoms in total. The number of carbonyl (C=O) groups is 4. The lowest BCUT2D eigenvalue weighted by molar-refractivity contribution is -0.147. The Balaban J connectivity index is 2.52. The maximum atomic E-state index is 14.2. The third-order valence-electron chi connectivity index (χ3n) is 6.56. The van der Waals surface area contributed by atoms with Crippen LogP contribution in [0.25, 0.3) is 0 Å². The molecule has 1 aliphatic carbocycles. The zero-order valence-electron chi connectivity index (χ0n) is 23.2. The molecule has 0 aliphatic heterocycles. The van der Waals surface area contributed by atoms with Gasteiger partial charge in [0.15, 0.2) is 0 Å². The molecule has 1 aromatic rings. The zero-order chi connectivity index (χ0) is 27.8. The van der Waals surface area contributed by atoms with E-state index in [-0.39, 0.29) is 24.8 Å². The molecule has 1 aromatic carbocycles. The number of benzene rings is 1. The van der Waals surface area contributed by atoms with Crippen LogP contribution in [-0.4, -0.2) is 52.9 Å². The number of primary amides is 1. The first-order chi connectivity index (χ1) is 17.4. The Morgan fingerprint density at radius 2 is 1.76 bits per heavy atom. The lowest BCUT2D eigenvalue weighted by atomic mass is 9.86. The summed E-state index contributed by atoms with van der Waals surface area (Å²) in [4.78, 5) is 53.8. The number of alkyl carbamates (subject to hydrolysis) is 1. The molecule has 0 aromatic heterocycles. The van der Waals surface area contributed by atoms with Crippen molar-refractivity contribution in [2.75, 3.05) is 6.54 Å². The predicted octanol–water partition coefficient (Wildman–Crippen LogP) is 3.80. The van der Waals surface area contributed by atoms with E-state index in [4.69, 9.17) is 10.5 Å². The SMILES string of the molecule is CCCCNC(=O)C(c1c(C)cccc1C)N(C(=O)C(CCC(N)=O)NC(=O)OC(C)(C)C)C1CCC1. The molecule has 2 atom stereocenters. The molecule has 2 rings (SSSR count). The van der Waals surface area contributed by atoms with E-state index in [2.05, 4.69) is 10.6 Å². The van der Waals surface area contributed by atoms with E-state index in [9.17, 15) is 19.2 Å². The summed E-state index contributed by atoms with van der Waals surface area (Å²) < 4.78 is 5.39. The highest BCUT2D eigenvalue weighted by Crippen LogP contribution is 2.36. The summed E-state index contributed by atoms with van der Waals surface area (Å²) in [5, 5.41) is 5.66. The first-order valence-electron chi connectivity index (χ1n) is 13.3. The van der Waals surface area contributed by atoms with E-state index in [0.717, 1.165) is 48.8 Å². The van der Waals surface area contributed by atoms with Gasteiger partial charge in [-0.2, -0.15) is 0 Å². The normalized spacial score (nSPS) is 15.2. The van der Waals surface area contributed by atoms with Gasteiger partial charge >= 0.3 is 6.09 Å². The highest BCUT2D eigenvalue weighted by Gasteiger charge is 2.42. The number of hydrogen-bond acceptors (Lipinski definition) is 5. The summed E-state index contributed by atoms with van der Waals surface area (Å²) in [5.74, 6) is -1.25. The molecule has 37 heavy (non-hydrogen) atoms. The molecular formula is C28H44N4O5. The Morgan fingerprint density at radius 3 is 2.24 bits per heavy atom. The van der Waals surface area contributed by atoms with Crippen molar-refractivity contribution in [1.29, 1.82) is 0 Å². The van der Waals surface area contributed by atoms with Gasteiger partial charge in [0.1, 0.15) is 17.7 Å². The second-order valence-corrected chi connectivity index (χ2v) is 10.9. The van der Waals surface area contributed by atoms with Crippen LogP contribution in [0.2, 0.25) is 0 Å². The zero-order valence-corrected chi connectivity index (χ0v) is 23.2. The lowest BCUT2D eigenvalue weighted by Crippen LogP contribution is -2.57. The van der Waals surface area contributed by atoms with E-state index in [1.165, 1.54) is 0 Å². The molecule has 0 saturated heterocycles. The van der Waals surface area contributed by atoms with E-state index in [0.29, 0.717) is 6.54 Å². The topological polar surface area (TPSA) is 131 Å². The number of ether oxygens (including phenoxy) is 1. The number of amides is 4. The van der Waals surface area contributed by atoms with Crippen LogP contribution in [0.15, 0.2) is 18.2 Å². The molecule has 9 heteroatoms. The predicted molar refractivity (Wildman–Crippen MR) is 143 cm³/mol. The van der Waals surface area contributed by atoms with Crippen LogP contribution in [0.5, 0.6) is 0 Å². The maximum absolute atomic E-state index is 14.2. The van der Waals surface area contributed by atoms with Gasteiger partial charge in [-0.1, -0.05) is 31.5 Å². The molecular weight excluding hydrogens is 472 g/mol. The fourth-order valence-corrected chi connectivity index (χ4v) is 4.50. The van der Waals surface area contributed by atoms with E-state index in [1.807, 2.05) is 39.0 Å². The van der Waals surface area contributed by atoms with Crippen molar-refractivity contribution < 1.29 is 23.9 Å². The Morgan fingerprint density at radius 1 is 1.14 bits per heavy atom. The van der Waals surface area contributed by atoms with Crippen LogP contribution in [0.3, 0.4) is 0 Å². The van der Waals surface area contributed by atoms with Crippen LogP contribution in [0, 0.1) is 13.8 Å². The number of aryl methyl sites for hydroxylation is 2. The second kappa shape index (κ2) is 13.4. The lowest BCUT2D eigenvalue weighted by Gasteiger charge is -2.44. The molecule has 1 fully saturated rings. The monoisotopic (exact) mass is 516 g/mol. The summed E-state index contributed by atoms with van der Waals surface area (Å²) >= 11 is 0. The van der Waals surface area contributed by atoms with Crippen molar-refractivity contribution in [2.24, 2.45) is 5.73 Å². The van der Waals surface area contributed by atoms with Gasteiger partial charge in [-0.3, -0.25) is 14.4 Å². The van der Waals surface area contributed by atoms with E-state index >= 15 is 0 Å². The summed E-state index contributed by atoms with van der Waals surface area (Å²) in [6, 6.07) is 3.69. The van der Waals surface area contributed by atoms with Gasteiger partial charge < -0.3 is 26.0 Å².